The highest BCUT2D eigenvalue weighted by atomic mass is 19.1. The third-order valence-corrected chi connectivity index (χ3v) is 5.73. The van der Waals surface area contributed by atoms with Gasteiger partial charge in [-0.1, -0.05) is 26.8 Å². The number of hydrogen-bond donors (Lipinski definition) is 2. The van der Waals surface area contributed by atoms with Gasteiger partial charge in [-0.2, -0.15) is 0 Å². The first-order valence-electron chi connectivity index (χ1n) is 9.81. The second-order valence-electron chi connectivity index (χ2n) is 9.21. The molecule has 0 radical (unpaired) electrons. The maximum absolute atomic E-state index is 13.9. The van der Waals surface area contributed by atoms with Crippen molar-refractivity contribution in [1.29, 1.82) is 0 Å². The van der Waals surface area contributed by atoms with Crippen molar-refractivity contribution < 1.29 is 23.2 Å². The Labute approximate surface area is 169 Å². The van der Waals surface area contributed by atoms with E-state index >= 15 is 0 Å². The molecule has 3 rings (SSSR count). The highest BCUT2D eigenvalue weighted by molar-refractivity contribution is 6.09. The molecule has 0 bridgehead atoms. The predicted octanol–water partition coefficient (Wildman–Crippen LogP) is 3.28. The fourth-order valence-corrected chi connectivity index (χ4v) is 5.01. The molecule has 1 aromatic carbocycles. The molecular weight excluding hydrogens is 380 g/mol. The average molecular weight is 407 g/mol. The molecule has 3 atom stereocenters. The molecule has 4 amide bonds. The minimum atomic E-state index is -0.979. The topological polar surface area (TPSA) is 78.5 Å². The van der Waals surface area contributed by atoms with E-state index in [9.17, 15) is 23.2 Å². The summed E-state index contributed by atoms with van der Waals surface area (Å²) >= 11 is 0. The molecule has 29 heavy (non-hydrogen) atoms. The number of benzene rings is 1. The summed E-state index contributed by atoms with van der Waals surface area (Å²) in [6.45, 7) is 7.29. The van der Waals surface area contributed by atoms with Gasteiger partial charge in [-0.15, -0.1) is 0 Å². The van der Waals surface area contributed by atoms with Crippen molar-refractivity contribution in [3.63, 3.8) is 0 Å². The zero-order chi connectivity index (χ0) is 21.6. The van der Waals surface area contributed by atoms with Crippen LogP contribution >= 0.6 is 0 Å². The summed E-state index contributed by atoms with van der Waals surface area (Å²) in [4.78, 5) is 38.9. The van der Waals surface area contributed by atoms with E-state index in [0.717, 1.165) is 23.5 Å². The van der Waals surface area contributed by atoms with E-state index in [1.165, 1.54) is 6.07 Å². The Morgan fingerprint density at radius 3 is 2.62 bits per heavy atom. The maximum atomic E-state index is 13.9. The smallest absolute Gasteiger partial charge is 0.325 e. The molecule has 1 saturated carbocycles. The summed E-state index contributed by atoms with van der Waals surface area (Å²) in [5, 5.41) is 5.38. The lowest BCUT2D eigenvalue weighted by atomic mass is 9.64. The van der Waals surface area contributed by atoms with Gasteiger partial charge in [0, 0.05) is 11.6 Å². The van der Waals surface area contributed by atoms with Crippen molar-refractivity contribution in [2.75, 3.05) is 6.54 Å². The van der Waals surface area contributed by atoms with Crippen LogP contribution in [0.4, 0.5) is 13.6 Å². The quantitative estimate of drug-likeness (QED) is 0.752. The Kier molecular flexibility index (Phi) is 5.40. The first-order valence-corrected chi connectivity index (χ1v) is 9.81. The number of nitrogens with zero attached hydrogens (tertiary/aromatic N) is 1. The molecule has 6 nitrogen and oxygen atoms in total. The van der Waals surface area contributed by atoms with E-state index in [1.807, 2.05) is 0 Å². The van der Waals surface area contributed by atoms with Gasteiger partial charge in [0.2, 0.25) is 5.91 Å². The fraction of sp³-hybridized carbons (Fsp3) is 0.571. The van der Waals surface area contributed by atoms with Crippen molar-refractivity contribution in [2.24, 2.45) is 11.3 Å². The molecule has 2 aliphatic rings. The van der Waals surface area contributed by atoms with E-state index in [-0.39, 0.29) is 16.9 Å². The van der Waals surface area contributed by atoms with Crippen LogP contribution in [0.2, 0.25) is 0 Å². The molecule has 3 unspecified atom stereocenters. The molecule has 1 saturated heterocycles. The third kappa shape index (κ3) is 4.26. The zero-order valence-electron chi connectivity index (χ0n) is 17.1. The number of urea groups is 1. The summed E-state index contributed by atoms with van der Waals surface area (Å²) in [5.41, 5.74) is -0.961. The van der Waals surface area contributed by atoms with Crippen molar-refractivity contribution in [3.8, 4) is 0 Å². The molecule has 8 heteroatoms. The largest absolute Gasteiger partial charge is 0.348 e. The standard InChI is InChI=1S/C21H27F2N3O3/c1-12-8-20(3,4)11-21(9-12)18(28)26(19(29)25-21)10-17(27)24-13(2)15-6-5-14(22)7-16(15)23/h5-7,12-13H,8-11H2,1-4H3,(H,24,27)(H,25,29). The molecule has 158 valence electrons. The molecule has 1 heterocycles. The molecule has 1 spiro atoms. The Morgan fingerprint density at radius 2 is 2.00 bits per heavy atom. The van der Waals surface area contributed by atoms with Crippen LogP contribution in [0.3, 0.4) is 0 Å². The van der Waals surface area contributed by atoms with E-state index in [2.05, 4.69) is 31.4 Å². The normalized spacial score (nSPS) is 27.1. The zero-order valence-corrected chi connectivity index (χ0v) is 17.1. The monoisotopic (exact) mass is 407 g/mol. The maximum Gasteiger partial charge on any atom is 0.325 e. The van der Waals surface area contributed by atoms with Crippen LogP contribution in [0.15, 0.2) is 18.2 Å². The lowest BCUT2D eigenvalue weighted by Crippen LogP contribution is -2.54. The summed E-state index contributed by atoms with van der Waals surface area (Å²) in [6.07, 6.45) is 2.01. The van der Waals surface area contributed by atoms with Gasteiger partial charge in [0.25, 0.3) is 5.91 Å². The number of amides is 4. The number of imide groups is 1. The fourth-order valence-electron chi connectivity index (χ4n) is 5.01. The summed E-state index contributed by atoms with van der Waals surface area (Å²) in [5.74, 6) is -2.20. The molecule has 2 N–H and O–H groups in total. The van der Waals surface area contributed by atoms with Crippen LogP contribution in [0.1, 0.15) is 58.6 Å². The number of carbonyl (C=O) groups is 3. The first-order chi connectivity index (χ1) is 13.4. The molecule has 2 fully saturated rings. The van der Waals surface area contributed by atoms with Crippen LogP contribution in [-0.2, 0) is 9.59 Å². The van der Waals surface area contributed by atoms with E-state index < -0.39 is 47.6 Å². The van der Waals surface area contributed by atoms with Crippen molar-refractivity contribution in [3.05, 3.63) is 35.4 Å². The Balaban J connectivity index is 1.69. The van der Waals surface area contributed by atoms with E-state index in [4.69, 9.17) is 0 Å². The molecule has 1 aromatic rings. The van der Waals surface area contributed by atoms with Crippen LogP contribution in [0, 0.1) is 23.0 Å². The van der Waals surface area contributed by atoms with Gasteiger partial charge < -0.3 is 10.6 Å². The van der Waals surface area contributed by atoms with Crippen molar-refractivity contribution >= 4 is 17.8 Å². The average Bonchev–Trinajstić information content (AvgIpc) is 2.76. The van der Waals surface area contributed by atoms with Gasteiger partial charge in [-0.3, -0.25) is 14.5 Å². The Hall–Kier alpha value is -2.51. The van der Waals surface area contributed by atoms with Crippen molar-refractivity contribution in [2.45, 2.75) is 58.5 Å². The summed E-state index contributed by atoms with van der Waals surface area (Å²) in [7, 11) is 0. The van der Waals surface area contributed by atoms with Crippen molar-refractivity contribution in [1.82, 2.24) is 15.5 Å². The number of halogens is 2. The van der Waals surface area contributed by atoms with E-state index in [0.29, 0.717) is 12.8 Å². The van der Waals surface area contributed by atoms with Gasteiger partial charge in [0.1, 0.15) is 23.7 Å². The second-order valence-corrected chi connectivity index (χ2v) is 9.21. The number of hydrogen-bond acceptors (Lipinski definition) is 3. The van der Waals surface area contributed by atoms with Gasteiger partial charge in [-0.25, -0.2) is 13.6 Å². The SMILES string of the molecule is CC1CC(C)(C)CC2(C1)NC(=O)N(CC(=O)NC(C)c1ccc(F)cc1F)C2=O. The minimum Gasteiger partial charge on any atom is -0.348 e. The number of nitrogens with one attached hydrogen (secondary N) is 2. The van der Waals surface area contributed by atoms with Crippen LogP contribution in [-0.4, -0.2) is 34.8 Å². The van der Waals surface area contributed by atoms with E-state index in [1.54, 1.807) is 6.92 Å². The molecule has 1 aliphatic carbocycles. The van der Waals surface area contributed by atoms with Gasteiger partial charge >= 0.3 is 6.03 Å². The van der Waals surface area contributed by atoms with Gasteiger partial charge in [-0.05, 0) is 43.6 Å². The number of rotatable bonds is 4. The lowest BCUT2D eigenvalue weighted by molar-refractivity contribution is -0.137. The van der Waals surface area contributed by atoms with Crippen LogP contribution in [0.5, 0.6) is 0 Å². The van der Waals surface area contributed by atoms with Gasteiger partial charge in [0.05, 0.1) is 6.04 Å². The Bertz CT molecular complexity index is 858. The highest BCUT2D eigenvalue weighted by Crippen LogP contribution is 2.46. The molecular formula is C21H27F2N3O3. The third-order valence-electron chi connectivity index (χ3n) is 5.73. The Morgan fingerprint density at radius 1 is 1.31 bits per heavy atom. The van der Waals surface area contributed by atoms with Crippen LogP contribution < -0.4 is 10.6 Å². The van der Waals surface area contributed by atoms with Gasteiger partial charge in [0.15, 0.2) is 0 Å². The molecule has 1 aliphatic heterocycles. The number of carbonyl (C=O) groups excluding carboxylic acids is 3. The molecule has 0 aromatic heterocycles. The summed E-state index contributed by atoms with van der Waals surface area (Å²) < 4.78 is 27.0. The summed E-state index contributed by atoms with van der Waals surface area (Å²) in [6, 6.07) is 1.77. The van der Waals surface area contributed by atoms with Crippen LogP contribution in [0.25, 0.3) is 0 Å². The first kappa shape index (κ1) is 21.2. The highest BCUT2D eigenvalue weighted by Gasteiger charge is 2.56. The second kappa shape index (κ2) is 7.39. The predicted molar refractivity (Wildman–Crippen MR) is 103 cm³/mol. The minimum absolute atomic E-state index is 0.104. The lowest BCUT2D eigenvalue weighted by Gasteiger charge is -2.43.